The molecular formula is C13H22N2O4. The highest BCUT2D eigenvalue weighted by Crippen LogP contribution is 2.36. The van der Waals surface area contributed by atoms with Crippen LogP contribution in [0.4, 0.5) is 0 Å². The van der Waals surface area contributed by atoms with Gasteiger partial charge in [-0.05, 0) is 26.3 Å². The molecule has 0 aromatic rings. The van der Waals surface area contributed by atoms with Gasteiger partial charge < -0.3 is 20.1 Å². The number of nitrogens with zero attached hydrogens (tertiary/aromatic N) is 1. The van der Waals surface area contributed by atoms with Crippen LogP contribution in [-0.2, 0) is 14.3 Å². The molecule has 2 aliphatic heterocycles. The van der Waals surface area contributed by atoms with Crippen LogP contribution in [0.15, 0.2) is 0 Å². The number of hydrogen-bond donors (Lipinski definition) is 2. The first kappa shape index (κ1) is 14.3. The van der Waals surface area contributed by atoms with E-state index < -0.39 is 11.6 Å². The molecule has 2 heterocycles. The Balaban J connectivity index is 1.89. The van der Waals surface area contributed by atoms with Crippen molar-refractivity contribution in [3.05, 3.63) is 0 Å². The van der Waals surface area contributed by atoms with Crippen LogP contribution in [0, 0.1) is 5.41 Å². The number of carboxylic acid groups (broad SMARTS) is 1. The molecule has 1 unspecified atom stereocenters. The SMILES string of the molecule is CCC1(C(=O)N2CC(C)(OCC(=O)O)C2)CCNC1. The number of ether oxygens (including phenoxy) is 1. The second-order valence-corrected chi connectivity index (χ2v) is 5.85. The molecule has 2 N–H and O–H groups in total. The highest BCUT2D eigenvalue weighted by atomic mass is 16.5. The highest BCUT2D eigenvalue weighted by molar-refractivity contribution is 5.84. The fourth-order valence-electron chi connectivity index (χ4n) is 2.95. The molecule has 0 spiro atoms. The maximum absolute atomic E-state index is 12.5. The Morgan fingerprint density at radius 1 is 1.42 bits per heavy atom. The van der Waals surface area contributed by atoms with Gasteiger partial charge in [-0.1, -0.05) is 6.92 Å². The fraction of sp³-hybridized carbons (Fsp3) is 0.846. The Morgan fingerprint density at radius 2 is 2.11 bits per heavy atom. The Kier molecular flexibility index (Phi) is 3.82. The van der Waals surface area contributed by atoms with Gasteiger partial charge in [0.2, 0.25) is 5.91 Å². The molecule has 2 saturated heterocycles. The molecule has 6 nitrogen and oxygen atoms in total. The summed E-state index contributed by atoms with van der Waals surface area (Å²) in [5.41, 5.74) is -0.775. The van der Waals surface area contributed by atoms with E-state index in [0.29, 0.717) is 13.1 Å². The standard InChI is InChI=1S/C13H22N2O4/c1-3-13(4-5-14-7-13)11(18)15-8-12(2,9-15)19-6-10(16)17/h14H,3-9H2,1-2H3,(H,16,17). The quantitative estimate of drug-likeness (QED) is 0.739. The molecule has 2 fully saturated rings. The van der Waals surface area contributed by atoms with Gasteiger partial charge in [0.15, 0.2) is 0 Å². The van der Waals surface area contributed by atoms with Crippen LogP contribution in [0.1, 0.15) is 26.7 Å². The van der Waals surface area contributed by atoms with E-state index in [0.717, 1.165) is 25.9 Å². The first-order valence-corrected chi connectivity index (χ1v) is 6.77. The summed E-state index contributed by atoms with van der Waals surface area (Å²) in [4.78, 5) is 24.8. The van der Waals surface area contributed by atoms with Crippen molar-refractivity contribution in [2.45, 2.75) is 32.3 Å². The number of likely N-dealkylation sites (tertiary alicyclic amines) is 1. The van der Waals surface area contributed by atoms with Gasteiger partial charge in [0.25, 0.3) is 0 Å². The predicted molar refractivity (Wildman–Crippen MR) is 68.8 cm³/mol. The average molecular weight is 270 g/mol. The van der Waals surface area contributed by atoms with Gasteiger partial charge in [-0.2, -0.15) is 0 Å². The molecule has 0 aromatic heterocycles. The number of carboxylic acids is 1. The van der Waals surface area contributed by atoms with E-state index in [1.165, 1.54) is 0 Å². The summed E-state index contributed by atoms with van der Waals surface area (Å²) in [6, 6.07) is 0. The summed E-state index contributed by atoms with van der Waals surface area (Å²) in [6.07, 6.45) is 1.72. The normalized spacial score (nSPS) is 29.1. The molecular weight excluding hydrogens is 248 g/mol. The van der Waals surface area contributed by atoms with E-state index >= 15 is 0 Å². The number of carbonyl (C=O) groups is 2. The minimum atomic E-state index is -0.976. The molecule has 1 amide bonds. The third kappa shape index (κ3) is 2.74. The smallest absolute Gasteiger partial charge is 0.329 e. The zero-order valence-corrected chi connectivity index (χ0v) is 11.6. The molecule has 0 bridgehead atoms. The molecule has 6 heteroatoms. The minimum Gasteiger partial charge on any atom is -0.480 e. The fourth-order valence-corrected chi connectivity index (χ4v) is 2.95. The van der Waals surface area contributed by atoms with E-state index in [1.807, 2.05) is 13.8 Å². The summed E-state index contributed by atoms with van der Waals surface area (Å²) >= 11 is 0. The molecule has 0 aromatic carbocycles. The number of amides is 1. The number of carbonyl (C=O) groups excluding carboxylic acids is 1. The molecule has 0 aliphatic carbocycles. The lowest BCUT2D eigenvalue weighted by atomic mass is 9.80. The van der Waals surface area contributed by atoms with Crippen LogP contribution in [-0.4, -0.2) is 60.3 Å². The zero-order chi connectivity index (χ0) is 14.1. The Morgan fingerprint density at radius 3 is 2.58 bits per heavy atom. The molecule has 19 heavy (non-hydrogen) atoms. The van der Waals surface area contributed by atoms with Gasteiger partial charge in [-0.3, -0.25) is 4.79 Å². The summed E-state index contributed by atoms with van der Waals surface area (Å²) in [6.45, 7) is 6.20. The Bertz CT molecular complexity index is 371. The third-order valence-corrected chi connectivity index (χ3v) is 4.26. The summed E-state index contributed by atoms with van der Waals surface area (Å²) in [7, 11) is 0. The number of aliphatic carboxylic acids is 1. The van der Waals surface area contributed by atoms with Crippen LogP contribution < -0.4 is 5.32 Å². The Labute approximate surface area is 113 Å². The lowest BCUT2D eigenvalue weighted by Gasteiger charge is -2.49. The molecule has 108 valence electrons. The number of hydrogen-bond acceptors (Lipinski definition) is 4. The second kappa shape index (κ2) is 5.09. The van der Waals surface area contributed by atoms with E-state index in [9.17, 15) is 9.59 Å². The first-order chi connectivity index (χ1) is 8.91. The van der Waals surface area contributed by atoms with Crippen molar-refractivity contribution in [3.63, 3.8) is 0 Å². The summed E-state index contributed by atoms with van der Waals surface area (Å²) < 4.78 is 5.33. The maximum atomic E-state index is 12.5. The predicted octanol–water partition coefficient (Wildman–Crippen LogP) is 0.0782. The van der Waals surface area contributed by atoms with Crippen LogP contribution in [0.5, 0.6) is 0 Å². The van der Waals surface area contributed by atoms with Crippen LogP contribution >= 0.6 is 0 Å². The Hall–Kier alpha value is -1.14. The lowest BCUT2D eigenvalue weighted by Crippen LogP contribution is -2.66. The topological polar surface area (TPSA) is 78.9 Å². The van der Waals surface area contributed by atoms with Crippen LogP contribution in [0.2, 0.25) is 0 Å². The average Bonchev–Trinajstić information content (AvgIpc) is 2.82. The zero-order valence-electron chi connectivity index (χ0n) is 11.6. The van der Waals surface area contributed by atoms with Gasteiger partial charge in [0, 0.05) is 6.54 Å². The summed E-state index contributed by atoms with van der Waals surface area (Å²) in [5.74, 6) is -0.799. The lowest BCUT2D eigenvalue weighted by molar-refractivity contribution is -0.179. The third-order valence-electron chi connectivity index (χ3n) is 4.26. The molecule has 0 radical (unpaired) electrons. The minimum absolute atomic E-state index is 0.177. The van der Waals surface area contributed by atoms with Gasteiger partial charge >= 0.3 is 5.97 Å². The van der Waals surface area contributed by atoms with E-state index in [1.54, 1.807) is 4.90 Å². The monoisotopic (exact) mass is 270 g/mol. The van der Waals surface area contributed by atoms with Gasteiger partial charge in [-0.25, -0.2) is 4.79 Å². The van der Waals surface area contributed by atoms with Crippen molar-refractivity contribution < 1.29 is 19.4 Å². The molecule has 1 atom stereocenters. The van der Waals surface area contributed by atoms with E-state index in [-0.39, 0.29) is 17.9 Å². The molecule has 2 aliphatic rings. The largest absolute Gasteiger partial charge is 0.480 e. The molecule has 0 saturated carbocycles. The second-order valence-electron chi connectivity index (χ2n) is 5.85. The van der Waals surface area contributed by atoms with Gasteiger partial charge in [-0.15, -0.1) is 0 Å². The van der Waals surface area contributed by atoms with Crippen molar-refractivity contribution in [3.8, 4) is 0 Å². The number of rotatable bonds is 5. The van der Waals surface area contributed by atoms with Crippen molar-refractivity contribution in [1.29, 1.82) is 0 Å². The van der Waals surface area contributed by atoms with Gasteiger partial charge in [0.1, 0.15) is 12.2 Å². The number of nitrogens with one attached hydrogen (secondary N) is 1. The van der Waals surface area contributed by atoms with Crippen LogP contribution in [0.3, 0.4) is 0 Å². The van der Waals surface area contributed by atoms with E-state index in [4.69, 9.17) is 9.84 Å². The van der Waals surface area contributed by atoms with Crippen molar-refractivity contribution in [1.82, 2.24) is 10.2 Å². The van der Waals surface area contributed by atoms with Gasteiger partial charge in [0.05, 0.1) is 18.5 Å². The first-order valence-electron chi connectivity index (χ1n) is 6.77. The van der Waals surface area contributed by atoms with Crippen molar-refractivity contribution in [2.24, 2.45) is 5.41 Å². The van der Waals surface area contributed by atoms with Crippen molar-refractivity contribution >= 4 is 11.9 Å². The summed E-state index contributed by atoms with van der Waals surface area (Å²) in [5, 5.41) is 11.9. The highest BCUT2D eigenvalue weighted by Gasteiger charge is 2.49. The van der Waals surface area contributed by atoms with Crippen LogP contribution in [0.25, 0.3) is 0 Å². The van der Waals surface area contributed by atoms with Crippen molar-refractivity contribution in [2.75, 3.05) is 32.8 Å². The maximum Gasteiger partial charge on any atom is 0.329 e. The van der Waals surface area contributed by atoms with E-state index in [2.05, 4.69) is 5.32 Å². The molecule has 2 rings (SSSR count).